The predicted octanol–water partition coefficient (Wildman–Crippen LogP) is 2.53. The molecule has 0 heterocycles. The van der Waals surface area contributed by atoms with E-state index < -0.39 is 11.6 Å². The Labute approximate surface area is 95.1 Å². The Balaban J connectivity index is 2.73. The van der Waals surface area contributed by atoms with E-state index in [1.165, 1.54) is 6.07 Å². The van der Waals surface area contributed by atoms with Crippen molar-refractivity contribution >= 4 is 5.69 Å². The van der Waals surface area contributed by atoms with Gasteiger partial charge in [-0.05, 0) is 32.4 Å². The predicted molar refractivity (Wildman–Crippen MR) is 62.5 cm³/mol. The summed E-state index contributed by atoms with van der Waals surface area (Å²) in [6.07, 6.45) is 0.708. The second-order valence-electron chi connectivity index (χ2n) is 4.76. The largest absolute Gasteiger partial charge is 0.372 e. The molecule has 0 spiro atoms. The lowest BCUT2D eigenvalue weighted by Gasteiger charge is -2.25. The molecule has 4 heteroatoms. The van der Waals surface area contributed by atoms with E-state index in [1.54, 1.807) is 11.9 Å². The summed E-state index contributed by atoms with van der Waals surface area (Å²) in [6, 6.07) is 3.44. The maximum absolute atomic E-state index is 13.4. The average Bonchev–Trinajstić information content (AvgIpc) is 2.17. The van der Waals surface area contributed by atoms with Gasteiger partial charge in [0, 0.05) is 25.2 Å². The highest BCUT2D eigenvalue weighted by atomic mass is 19.1. The first-order valence-electron chi connectivity index (χ1n) is 5.25. The van der Waals surface area contributed by atoms with Gasteiger partial charge >= 0.3 is 0 Å². The van der Waals surface area contributed by atoms with Crippen molar-refractivity contribution in [2.45, 2.75) is 25.8 Å². The highest BCUT2D eigenvalue weighted by Crippen LogP contribution is 2.20. The van der Waals surface area contributed by atoms with Crippen molar-refractivity contribution in [3.05, 3.63) is 29.8 Å². The first kappa shape index (κ1) is 12.9. The van der Waals surface area contributed by atoms with Gasteiger partial charge in [0.05, 0.1) is 5.69 Å². The summed E-state index contributed by atoms with van der Waals surface area (Å²) in [6.45, 7) is 4.40. The molecule has 2 N–H and O–H groups in total. The molecule has 0 aliphatic rings. The second kappa shape index (κ2) is 4.78. The molecule has 1 aromatic rings. The zero-order valence-electron chi connectivity index (χ0n) is 9.93. The molecule has 1 aromatic carbocycles. The fraction of sp³-hybridized carbons (Fsp3) is 0.500. The van der Waals surface area contributed by atoms with Gasteiger partial charge in [-0.1, -0.05) is 0 Å². The lowest BCUT2D eigenvalue weighted by atomic mass is 10.0. The molecule has 90 valence electrons. The molecule has 0 unspecified atom stereocenters. The van der Waals surface area contributed by atoms with Crippen molar-refractivity contribution in [2.24, 2.45) is 5.73 Å². The van der Waals surface area contributed by atoms with Crippen molar-refractivity contribution < 1.29 is 8.78 Å². The number of benzene rings is 1. The maximum Gasteiger partial charge on any atom is 0.146 e. The minimum atomic E-state index is -0.435. The third-order valence-electron chi connectivity index (χ3n) is 2.41. The molecule has 0 fully saturated rings. The van der Waals surface area contributed by atoms with Gasteiger partial charge in [0.25, 0.3) is 0 Å². The molecule has 16 heavy (non-hydrogen) atoms. The maximum atomic E-state index is 13.4. The topological polar surface area (TPSA) is 29.3 Å². The van der Waals surface area contributed by atoms with Gasteiger partial charge in [-0.2, -0.15) is 0 Å². The van der Waals surface area contributed by atoms with E-state index in [1.807, 2.05) is 13.8 Å². The molecule has 0 amide bonds. The van der Waals surface area contributed by atoms with E-state index in [-0.39, 0.29) is 11.2 Å². The molecule has 1 rings (SSSR count). The molecular formula is C12H18F2N2. The van der Waals surface area contributed by atoms with Crippen LogP contribution in [-0.2, 0) is 0 Å². The van der Waals surface area contributed by atoms with Crippen LogP contribution >= 0.6 is 0 Å². The second-order valence-corrected chi connectivity index (χ2v) is 4.76. The van der Waals surface area contributed by atoms with E-state index >= 15 is 0 Å². The van der Waals surface area contributed by atoms with Crippen molar-refractivity contribution in [1.29, 1.82) is 0 Å². The van der Waals surface area contributed by atoms with Gasteiger partial charge in [0.15, 0.2) is 0 Å². The first-order chi connectivity index (χ1) is 7.29. The molecule has 0 aromatic heterocycles. The van der Waals surface area contributed by atoms with Crippen LogP contribution in [0.25, 0.3) is 0 Å². The normalized spacial score (nSPS) is 11.6. The minimum Gasteiger partial charge on any atom is -0.372 e. The molecule has 0 bridgehead atoms. The van der Waals surface area contributed by atoms with Crippen LogP contribution in [0.2, 0.25) is 0 Å². The lowest BCUT2D eigenvalue weighted by molar-refractivity contribution is 0.477. The minimum absolute atomic E-state index is 0.268. The van der Waals surface area contributed by atoms with E-state index in [9.17, 15) is 8.78 Å². The third-order valence-corrected chi connectivity index (χ3v) is 2.41. The van der Waals surface area contributed by atoms with E-state index in [0.717, 1.165) is 12.1 Å². The van der Waals surface area contributed by atoms with Gasteiger partial charge in [-0.25, -0.2) is 8.78 Å². The molecule has 2 nitrogen and oxygen atoms in total. The summed E-state index contributed by atoms with van der Waals surface area (Å²) in [7, 11) is 1.73. The van der Waals surface area contributed by atoms with Crippen molar-refractivity contribution in [2.75, 3.05) is 18.5 Å². The SMILES string of the molecule is CN(CCC(C)(C)N)c1cc(F)ccc1F. The van der Waals surface area contributed by atoms with Gasteiger partial charge in [-0.15, -0.1) is 0 Å². The fourth-order valence-corrected chi connectivity index (χ4v) is 1.35. The Morgan fingerprint density at radius 2 is 1.94 bits per heavy atom. The van der Waals surface area contributed by atoms with Crippen LogP contribution in [0.4, 0.5) is 14.5 Å². The van der Waals surface area contributed by atoms with Gasteiger partial charge in [0.1, 0.15) is 11.6 Å². The Morgan fingerprint density at radius 1 is 1.31 bits per heavy atom. The summed E-state index contributed by atoms with van der Waals surface area (Å²) in [4.78, 5) is 1.67. The van der Waals surface area contributed by atoms with Gasteiger partial charge in [0.2, 0.25) is 0 Å². The molecule has 0 aliphatic heterocycles. The molecule has 0 saturated carbocycles. The fourth-order valence-electron chi connectivity index (χ4n) is 1.35. The van der Waals surface area contributed by atoms with Gasteiger partial charge in [-0.3, -0.25) is 0 Å². The number of nitrogens with zero attached hydrogens (tertiary/aromatic N) is 1. The highest BCUT2D eigenvalue weighted by Gasteiger charge is 2.14. The third kappa shape index (κ3) is 3.77. The zero-order valence-corrected chi connectivity index (χ0v) is 9.93. The Kier molecular flexibility index (Phi) is 3.86. The Morgan fingerprint density at radius 3 is 2.50 bits per heavy atom. The summed E-state index contributed by atoms with van der Waals surface area (Å²) in [5.41, 5.74) is 5.80. The average molecular weight is 228 g/mol. The van der Waals surface area contributed by atoms with Crippen LogP contribution < -0.4 is 10.6 Å². The molecule has 0 radical (unpaired) electrons. The van der Waals surface area contributed by atoms with Crippen molar-refractivity contribution in [1.82, 2.24) is 0 Å². The molecule has 0 aliphatic carbocycles. The van der Waals surface area contributed by atoms with Gasteiger partial charge < -0.3 is 10.6 Å². The monoisotopic (exact) mass is 228 g/mol. The standard InChI is InChI=1S/C12H18F2N2/c1-12(2,15)6-7-16(3)11-8-9(13)4-5-10(11)14/h4-5,8H,6-7,15H2,1-3H3. The van der Waals surface area contributed by atoms with E-state index in [4.69, 9.17) is 5.73 Å². The number of hydrogen-bond acceptors (Lipinski definition) is 2. The van der Waals surface area contributed by atoms with Crippen LogP contribution in [0.5, 0.6) is 0 Å². The smallest absolute Gasteiger partial charge is 0.146 e. The summed E-state index contributed by atoms with van der Waals surface area (Å²) >= 11 is 0. The van der Waals surface area contributed by atoms with E-state index in [2.05, 4.69) is 0 Å². The number of anilines is 1. The summed E-state index contributed by atoms with van der Waals surface area (Å²) in [5, 5.41) is 0. The zero-order chi connectivity index (χ0) is 12.3. The van der Waals surface area contributed by atoms with Crippen LogP contribution in [0, 0.1) is 11.6 Å². The molecule has 0 saturated heterocycles. The molecule has 0 atom stereocenters. The Bertz CT molecular complexity index is 359. The van der Waals surface area contributed by atoms with Crippen LogP contribution in [0.3, 0.4) is 0 Å². The number of hydrogen-bond donors (Lipinski definition) is 1. The van der Waals surface area contributed by atoms with Crippen LogP contribution in [0.1, 0.15) is 20.3 Å². The van der Waals surface area contributed by atoms with Crippen molar-refractivity contribution in [3.63, 3.8) is 0 Å². The highest BCUT2D eigenvalue weighted by molar-refractivity contribution is 5.47. The number of halogens is 2. The first-order valence-corrected chi connectivity index (χ1v) is 5.25. The summed E-state index contributed by atoms with van der Waals surface area (Å²) < 4.78 is 26.4. The lowest BCUT2D eigenvalue weighted by Crippen LogP contribution is -2.36. The van der Waals surface area contributed by atoms with E-state index in [0.29, 0.717) is 13.0 Å². The quantitative estimate of drug-likeness (QED) is 0.858. The Hall–Kier alpha value is -1.16. The number of rotatable bonds is 4. The van der Waals surface area contributed by atoms with Crippen molar-refractivity contribution in [3.8, 4) is 0 Å². The van der Waals surface area contributed by atoms with Crippen LogP contribution in [0.15, 0.2) is 18.2 Å². The van der Waals surface area contributed by atoms with Crippen LogP contribution in [-0.4, -0.2) is 19.1 Å². The molecular weight excluding hydrogens is 210 g/mol. The number of nitrogens with two attached hydrogens (primary N) is 1. The summed E-state index contributed by atoms with van der Waals surface area (Å²) in [5.74, 6) is -0.853.